The Labute approximate surface area is 196 Å². The van der Waals surface area contributed by atoms with Gasteiger partial charge in [0.05, 0.1) is 12.4 Å². The fourth-order valence-electron chi connectivity index (χ4n) is 3.54. The smallest absolute Gasteiger partial charge is 0.475 e. The van der Waals surface area contributed by atoms with Crippen molar-refractivity contribution < 1.29 is 59.3 Å². The molecule has 16 heteroatoms. The van der Waals surface area contributed by atoms with Crippen molar-refractivity contribution in [2.24, 2.45) is 5.92 Å². The summed E-state index contributed by atoms with van der Waals surface area (Å²) in [5.74, 6) is -5.06. The van der Waals surface area contributed by atoms with Gasteiger partial charge in [-0.2, -0.15) is 26.3 Å². The topological polar surface area (TPSA) is 134 Å². The normalized spacial score (nSPS) is 20.6. The molecule has 2 N–H and O–H groups in total. The molecule has 0 aromatic carbocycles. The summed E-state index contributed by atoms with van der Waals surface area (Å²) in [6.07, 6.45) is -5.84. The van der Waals surface area contributed by atoms with Crippen molar-refractivity contribution in [1.82, 2.24) is 9.88 Å². The molecule has 2 aliphatic heterocycles. The van der Waals surface area contributed by atoms with Gasteiger partial charge in [-0.15, -0.1) is 0 Å². The fraction of sp³-hybridized carbons (Fsp3) is 0.632. The minimum Gasteiger partial charge on any atom is -0.475 e. The number of sulfone groups is 1. The Balaban J connectivity index is 0.000000362. The third-order valence-electron chi connectivity index (χ3n) is 5.22. The maximum Gasteiger partial charge on any atom is 0.490 e. The number of carbonyl (C=O) groups is 2. The molecule has 1 unspecified atom stereocenters. The molecule has 1 spiro atoms. The van der Waals surface area contributed by atoms with Gasteiger partial charge in [0.1, 0.15) is 4.75 Å². The fourth-order valence-corrected chi connectivity index (χ4v) is 5.99. The zero-order valence-electron chi connectivity index (χ0n) is 18.3. The molecule has 1 aromatic rings. The number of hydrogen-bond donors (Lipinski definition) is 2. The van der Waals surface area contributed by atoms with E-state index in [1.54, 1.807) is 6.20 Å². The molecule has 0 bridgehead atoms. The minimum atomic E-state index is -5.08. The first-order chi connectivity index (χ1) is 16.0. The van der Waals surface area contributed by atoms with Crippen LogP contribution >= 0.6 is 0 Å². The van der Waals surface area contributed by atoms with Gasteiger partial charge in [-0.1, -0.05) is 6.07 Å². The van der Waals surface area contributed by atoms with Crippen LogP contribution in [-0.4, -0.2) is 89.6 Å². The van der Waals surface area contributed by atoms with Gasteiger partial charge in [-0.05, 0) is 25.0 Å². The third kappa shape index (κ3) is 8.61. The summed E-state index contributed by atoms with van der Waals surface area (Å²) >= 11 is 0. The number of rotatable bonds is 5. The number of nitrogens with zero attached hydrogens (tertiary/aromatic N) is 2. The quantitative estimate of drug-likeness (QED) is 0.542. The summed E-state index contributed by atoms with van der Waals surface area (Å²) < 4.78 is 93.3. The maximum atomic E-state index is 12.4. The number of halogens is 6. The molecule has 3 heterocycles. The molecule has 0 aliphatic carbocycles. The number of carboxylic acids is 2. The average molecular weight is 538 g/mol. The molecule has 2 saturated heterocycles. The lowest BCUT2D eigenvalue weighted by molar-refractivity contribution is -0.193. The first-order valence-electron chi connectivity index (χ1n) is 9.97. The second kappa shape index (κ2) is 12.0. The molecule has 2 fully saturated rings. The average Bonchev–Trinajstić information content (AvgIpc) is 2.97. The number of aromatic nitrogens is 1. The van der Waals surface area contributed by atoms with Gasteiger partial charge in [0.25, 0.3) is 0 Å². The number of carboxylic acid groups (broad SMARTS) is 2. The van der Waals surface area contributed by atoms with Crippen LogP contribution in [0.1, 0.15) is 18.9 Å². The Morgan fingerprint density at radius 3 is 2.06 bits per heavy atom. The van der Waals surface area contributed by atoms with Gasteiger partial charge in [0.2, 0.25) is 0 Å². The van der Waals surface area contributed by atoms with Crippen LogP contribution in [0.3, 0.4) is 0 Å². The lowest BCUT2D eigenvalue weighted by Gasteiger charge is -2.50. The first-order valence-corrected chi connectivity index (χ1v) is 11.6. The Morgan fingerprint density at radius 1 is 1.14 bits per heavy atom. The highest BCUT2D eigenvalue weighted by Crippen LogP contribution is 2.45. The lowest BCUT2D eigenvalue weighted by atomic mass is 9.83. The molecule has 1 aromatic heterocycles. The van der Waals surface area contributed by atoms with Crippen LogP contribution in [0.4, 0.5) is 26.3 Å². The van der Waals surface area contributed by atoms with Crippen molar-refractivity contribution in [3.05, 3.63) is 30.1 Å². The highest BCUT2D eigenvalue weighted by molar-refractivity contribution is 7.93. The van der Waals surface area contributed by atoms with Crippen molar-refractivity contribution in [2.75, 3.05) is 32.1 Å². The van der Waals surface area contributed by atoms with Crippen molar-refractivity contribution in [2.45, 2.75) is 37.0 Å². The van der Waals surface area contributed by atoms with E-state index in [2.05, 4.69) is 9.88 Å². The van der Waals surface area contributed by atoms with E-state index in [4.69, 9.17) is 24.5 Å². The van der Waals surface area contributed by atoms with Gasteiger partial charge in [0.15, 0.2) is 9.84 Å². The van der Waals surface area contributed by atoms with E-state index in [0.29, 0.717) is 32.1 Å². The summed E-state index contributed by atoms with van der Waals surface area (Å²) in [6.45, 7) is 5.19. The summed E-state index contributed by atoms with van der Waals surface area (Å²) in [4.78, 5) is 24.1. The monoisotopic (exact) mass is 538 g/mol. The van der Waals surface area contributed by atoms with Crippen LogP contribution < -0.4 is 0 Å². The number of hydrogen-bond acceptors (Lipinski definition) is 7. The van der Waals surface area contributed by atoms with E-state index in [9.17, 15) is 34.8 Å². The number of likely N-dealkylation sites (tertiary alicyclic amines) is 1. The number of alkyl halides is 6. The van der Waals surface area contributed by atoms with E-state index in [1.165, 1.54) is 0 Å². The molecule has 35 heavy (non-hydrogen) atoms. The van der Waals surface area contributed by atoms with E-state index < -0.39 is 38.9 Å². The van der Waals surface area contributed by atoms with Crippen molar-refractivity contribution in [1.29, 1.82) is 0 Å². The molecule has 3 rings (SSSR count). The van der Waals surface area contributed by atoms with Gasteiger partial charge in [-0.3, -0.25) is 9.88 Å². The zero-order chi connectivity index (χ0) is 27.1. The van der Waals surface area contributed by atoms with Gasteiger partial charge >= 0.3 is 24.3 Å². The second-order valence-electron chi connectivity index (χ2n) is 7.64. The minimum absolute atomic E-state index is 0.146. The summed E-state index contributed by atoms with van der Waals surface area (Å²) in [6, 6.07) is 3.94. The molecule has 2 aliphatic rings. The predicted molar refractivity (Wildman–Crippen MR) is 108 cm³/mol. The Bertz CT molecular complexity index is 925. The third-order valence-corrected chi connectivity index (χ3v) is 7.82. The summed E-state index contributed by atoms with van der Waals surface area (Å²) in [5.41, 5.74) is 1.13. The molecule has 0 amide bonds. The Kier molecular flexibility index (Phi) is 10.5. The van der Waals surface area contributed by atoms with Crippen molar-refractivity contribution in [3.8, 4) is 0 Å². The first kappa shape index (κ1) is 30.6. The van der Waals surface area contributed by atoms with Gasteiger partial charge in [0, 0.05) is 44.6 Å². The molecular weight excluding hydrogens is 514 g/mol. The number of ether oxygens (including phenoxy) is 1. The molecule has 9 nitrogen and oxygen atoms in total. The molecule has 200 valence electrons. The predicted octanol–water partition coefficient (Wildman–Crippen LogP) is 2.37. The van der Waals surface area contributed by atoms with E-state index in [-0.39, 0.29) is 5.92 Å². The summed E-state index contributed by atoms with van der Waals surface area (Å²) in [5, 5.41) is 14.2. The van der Waals surface area contributed by atoms with Crippen molar-refractivity contribution >= 4 is 21.8 Å². The molecular formula is C19H24F6N2O7S. The maximum absolute atomic E-state index is 12.4. The standard InChI is InChI=1S/C15H22N2O3S.2C2HF3O2/c1-2-20-10-14-5-7-21(18,19)15(14)11-17(12-15)9-13-4-3-6-16-8-13;2*3-2(4,5)1(6)7/h3-4,6,8,14H,2,5,7,9-12H2,1H3;2*(H,6,7). The van der Waals surface area contributed by atoms with Crippen LogP contribution in [0, 0.1) is 5.92 Å². The largest absolute Gasteiger partial charge is 0.490 e. The molecule has 1 atom stereocenters. The Hall–Kier alpha value is -2.46. The van der Waals surface area contributed by atoms with Gasteiger partial charge < -0.3 is 14.9 Å². The highest BCUT2D eigenvalue weighted by atomic mass is 32.2. The Morgan fingerprint density at radius 2 is 1.66 bits per heavy atom. The molecule has 0 radical (unpaired) electrons. The second-order valence-corrected chi connectivity index (χ2v) is 10.1. The summed E-state index contributed by atoms with van der Waals surface area (Å²) in [7, 11) is -2.99. The lowest BCUT2D eigenvalue weighted by Crippen LogP contribution is -2.67. The number of aliphatic carboxylic acids is 2. The van der Waals surface area contributed by atoms with Gasteiger partial charge in [-0.25, -0.2) is 18.0 Å². The van der Waals surface area contributed by atoms with Crippen LogP contribution in [0.5, 0.6) is 0 Å². The van der Waals surface area contributed by atoms with E-state index in [0.717, 1.165) is 18.5 Å². The van der Waals surface area contributed by atoms with E-state index >= 15 is 0 Å². The van der Waals surface area contributed by atoms with Crippen LogP contribution in [0.25, 0.3) is 0 Å². The SMILES string of the molecule is CCOCC1CCS(=O)(=O)C12CN(Cc1cccnc1)C2.O=C(O)C(F)(F)F.O=C(O)C(F)(F)F. The number of pyridine rings is 1. The van der Waals surface area contributed by atoms with Crippen LogP contribution in [-0.2, 0) is 30.7 Å². The van der Waals surface area contributed by atoms with Crippen molar-refractivity contribution in [3.63, 3.8) is 0 Å². The van der Waals surface area contributed by atoms with Crippen LogP contribution in [0.2, 0.25) is 0 Å². The zero-order valence-corrected chi connectivity index (χ0v) is 19.2. The highest BCUT2D eigenvalue weighted by Gasteiger charge is 2.61. The van der Waals surface area contributed by atoms with E-state index in [1.807, 2.05) is 25.3 Å². The molecule has 0 saturated carbocycles. The van der Waals surface area contributed by atoms with Crippen LogP contribution in [0.15, 0.2) is 24.5 Å².